The van der Waals surface area contributed by atoms with Gasteiger partial charge in [-0.2, -0.15) is 0 Å². The van der Waals surface area contributed by atoms with Gasteiger partial charge in [-0.05, 0) is 12.8 Å². The molecule has 7 heteroatoms. The van der Waals surface area contributed by atoms with Gasteiger partial charge < -0.3 is 30.9 Å². The maximum absolute atomic E-state index is 11.5. The number of likely N-dealkylation sites (N-methyl/N-ethyl adjacent to an activating group) is 1. The summed E-state index contributed by atoms with van der Waals surface area (Å²) in [7, 11) is 6.16. The number of rotatable bonds is 10. The summed E-state index contributed by atoms with van der Waals surface area (Å²) in [6.45, 7) is 5.83. The van der Waals surface area contributed by atoms with E-state index in [1.807, 2.05) is 0 Å². The van der Waals surface area contributed by atoms with Crippen LogP contribution in [0.4, 0.5) is 0 Å². The average Bonchev–Trinajstić information content (AvgIpc) is 2.28. The number of nitrogens with zero attached hydrogens (tertiary/aromatic N) is 1. The Hall–Kier alpha value is 0.810. The van der Waals surface area contributed by atoms with E-state index >= 15 is 0 Å². The van der Waals surface area contributed by atoms with Gasteiger partial charge in [0.15, 0.2) is 0 Å². The predicted molar refractivity (Wildman–Crippen MR) is 93.2 cm³/mol. The maximum atomic E-state index is 11.5. The molecule has 0 bridgehead atoms. The van der Waals surface area contributed by atoms with Gasteiger partial charge in [0.2, 0.25) is 0 Å². The van der Waals surface area contributed by atoms with Gasteiger partial charge in [-0.1, -0.05) is 38.1 Å². The first-order chi connectivity index (χ1) is 9.18. The molecule has 0 fully saturated rings. The van der Waals surface area contributed by atoms with Gasteiger partial charge in [0.1, 0.15) is 12.3 Å². The Bertz CT molecular complexity index is 246. The first-order valence-electron chi connectivity index (χ1n) is 7.20. The summed E-state index contributed by atoms with van der Waals surface area (Å²) in [5.74, 6) is -1.90. The van der Waals surface area contributed by atoms with Gasteiger partial charge in [0, 0.05) is 5.75 Å². The summed E-state index contributed by atoms with van der Waals surface area (Å²) >= 11 is 6.17. The molecule has 0 amide bonds. The summed E-state index contributed by atoms with van der Waals surface area (Å²) in [6.07, 6.45) is 4.16. The molecule has 0 aliphatic rings. The normalized spacial score (nSPS) is 14.3. The molecule has 0 rings (SSSR count). The first kappa shape index (κ1) is 23.1. The van der Waals surface area contributed by atoms with E-state index < -0.39 is 5.77 Å². The quantitative estimate of drug-likeness (QED) is 0.283. The number of unbranched alkanes of at least 4 members (excludes halogenated alkanes) is 2. The second-order valence-corrected chi connectivity index (χ2v) is 11.7. The van der Waals surface area contributed by atoms with Crippen molar-refractivity contribution in [3.8, 4) is 0 Å². The zero-order valence-electron chi connectivity index (χ0n) is 13.6. The fourth-order valence-electron chi connectivity index (χ4n) is 0.979. The fourth-order valence-corrected chi connectivity index (χ4v) is 4.45. The van der Waals surface area contributed by atoms with Crippen LogP contribution in [0.15, 0.2) is 0 Å². The molecule has 0 aromatic rings. The van der Waals surface area contributed by atoms with E-state index in [9.17, 15) is 4.57 Å². The summed E-state index contributed by atoms with van der Waals surface area (Å²) < 4.78 is 17.5. The van der Waals surface area contributed by atoms with Crippen LogP contribution >= 0.6 is 17.2 Å². The zero-order chi connectivity index (χ0) is 16.1. The molecule has 0 aliphatic heterocycles. The zero-order valence-corrected chi connectivity index (χ0v) is 16.2. The van der Waals surface area contributed by atoms with Crippen molar-refractivity contribution in [3.63, 3.8) is 0 Å². The highest BCUT2D eigenvalue weighted by atomic mass is 33.1. The minimum Gasteiger partial charge on any atom is -0.678 e. The molecule has 0 heterocycles. The largest absolute Gasteiger partial charge is 0.678 e. The average molecular weight is 346 g/mol. The van der Waals surface area contributed by atoms with Crippen molar-refractivity contribution in [2.75, 3.05) is 46.7 Å². The van der Waals surface area contributed by atoms with E-state index in [0.717, 1.165) is 42.5 Å². The molecular weight excluding hydrogens is 313 g/mol. The van der Waals surface area contributed by atoms with E-state index in [4.69, 9.17) is 21.9 Å². The van der Waals surface area contributed by atoms with Crippen LogP contribution in [-0.2, 0) is 21.3 Å². The van der Waals surface area contributed by atoms with Gasteiger partial charge in [-0.15, -0.1) is 0 Å². The number of quaternary nitrogens is 1. The molecule has 124 valence electrons. The summed E-state index contributed by atoms with van der Waals surface area (Å²) in [5, 5.41) is 8.39. The highest BCUT2D eigenvalue weighted by Crippen LogP contribution is 2.57. The molecule has 1 N–H and O–H groups in total. The SMILES string of the molecule is CCCCOP(=O)([S-])SCCCC.C[N+](C)(C)CCO. The number of hydrogen-bond donors (Lipinski definition) is 1. The smallest absolute Gasteiger partial charge is 0.129 e. The third-order valence-corrected chi connectivity index (χ3v) is 6.63. The van der Waals surface area contributed by atoms with Crippen molar-refractivity contribution in [2.24, 2.45) is 0 Å². The van der Waals surface area contributed by atoms with Crippen molar-refractivity contribution in [3.05, 3.63) is 0 Å². The van der Waals surface area contributed by atoms with Gasteiger partial charge in [0.25, 0.3) is 0 Å². The lowest BCUT2D eigenvalue weighted by molar-refractivity contribution is -0.870. The fraction of sp³-hybridized carbons (Fsp3) is 1.00. The summed E-state index contributed by atoms with van der Waals surface area (Å²) in [5.41, 5.74) is 0. The van der Waals surface area contributed by atoms with Crippen LogP contribution < -0.4 is 0 Å². The van der Waals surface area contributed by atoms with Crippen LogP contribution in [-0.4, -0.2) is 56.2 Å². The van der Waals surface area contributed by atoms with E-state index in [0.29, 0.717) is 6.61 Å². The Balaban J connectivity index is 0. The van der Waals surface area contributed by atoms with Gasteiger partial charge >= 0.3 is 0 Å². The van der Waals surface area contributed by atoms with Crippen molar-refractivity contribution >= 4 is 29.4 Å². The molecule has 0 aliphatic carbocycles. The van der Waals surface area contributed by atoms with Crippen LogP contribution in [0, 0.1) is 0 Å². The van der Waals surface area contributed by atoms with Crippen molar-refractivity contribution < 1.29 is 18.7 Å². The summed E-state index contributed by atoms with van der Waals surface area (Å²) in [6, 6.07) is 0. The maximum Gasteiger partial charge on any atom is 0.129 e. The van der Waals surface area contributed by atoms with Gasteiger partial charge in [0.05, 0.1) is 34.4 Å². The molecule has 20 heavy (non-hydrogen) atoms. The van der Waals surface area contributed by atoms with Crippen LogP contribution in [0.2, 0.25) is 0 Å². The van der Waals surface area contributed by atoms with Crippen LogP contribution in [0.5, 0.6) is 0 Å². The minimum atomic E-state index is -2.75. The molecule has 4 nitrogen and oxygen atoms in total. The number of hydrogen-bond acceptors (Lipinski definition) is 5. The Labute approximate surface area is 134 Å². The second-order valence-electron chi connectivity index (χ2n) is 5.56. The molecule has 0 aromatic carbocycles. The molecule has 0 saturated carbocycles. The molecule has 0 saturated heterocycles. The Kier molecular flexibility index (Phi) is 15.5. The molecule has 1 atom stereocenters. The highest BCUT2D eigenvalue weighted by molar-refractivity contribution is 8.79. The molecule has 1 unspecified atom stereocenters. The standard InChI is InChI=1S/C8H19O2PS2.C5H14NO/c1-3-5-7-10-11(9,12)13-8-6-4-2;1-6(2,3)4-5-7/h3-8H2,1-2H3,(H,9,12);7H,4-5H2,1-3H3/q;+1/p-1. The molecular formula is C13H32NO3PS2. The first-order valence-corrected chi connectivity index (χ1v) is 11.4. The Morgan fingerprint density at radius 1 is 1.20 bits per heavy atom. The summed E-state index contributed by atoms with van der Waals surface area (Å²) in [4.78, 5) is 0. The van der Waals surface area contributed by atoms with E-state index in [2.05, 4.69) is 35.0 Å². The lowest BCUT2D eigenvalue weighted by Gasteiger charge is -2.22. The van der Waals surface area contributed by atoms with E-state index in [1.165, 1.54) is 11.4 Å². The Morgan fingerprint density at radius 2 is 1.75 bits per heavy atom. The van der Waals surface area contributed by atoms with Crippen LogP contribution in [0.3, 0.4) is 0 Å². The van der Waals surface area contributed by atoms with Crippen molar-refractivity contribution in [2.45, 2.75) is 39.5 Å². The Morgan fingerprint density at radius 3 is 2.10 bits per heavy atom. The lowest BCUT2D eigenvalue weighted by atomic mass is 10.4. The van der Waals surface area contributed by atoms with E-state index in [1.54, 1.807) is 0 Å². The molecule has 0 aromatic heterocycles. The lowest BCUT2D eigenvalue weighted by Crippen LogP contribution is -2.36. The highest BCUT2D eigenvalue weighted by Gasteiger charge is 2.05. The number of aliphatic hydroxyl groups excluding tert-OH is 1. The molecule has 0 spiro atoms. The minimum absolute atomic E-state index is 0.281. The number of aliphatic hydroxyl groups is 1. The third-order valence-electron chi connectivity index (χ3n) is 2.27. The molecule has 0 radical (unpaired) electrons. The topological polar surface area (TPSA) is 46.5 Å². The second kappa shape index (κ2) is 13.5. The van der Waals surface area contributed by atoms with Crippen LogP contribution in [0.1, 0.15) is 39.5 Å². The van der Waals surface area contributed by atoms with Gasteiger partial charge in [-0.3, -0.25) is 0 Å². The van der Waals surface area contributed by atoms with Crippen molar-refractivity contribution in [1.82, 2.24) is 0 Å². The third kappa shape index (κ3) is 21.1. The van der Waals surface area contributed by atoms with Crippen LogP contribution in [0.25, 0.3) is 0 Å². The van der Waals surface area contributed by atoms with E-state index in [-0.39, 0.29) is 6.61 Å². The predicted octanol–water partition coefficient (Wildman–Crippen LogP) is 3.68. The van der Waals surface area contributed by atoms with Crippen molar-refractivity contribution in [1.29, 1.82) is 0 Å². The monoisotopic (exact) mass is 345 g/mol. The van der Waals surface area contributed by atoms with Gasteiger partial charge in [-0.25, -0.2) is 0 Å².